The zero-order chi connectivity index (χ0) is 22.5. The maximum Gasteiger partial charge on any atom is 0.329 e. The summed E-state index contributed by atoms with van der Waals surface area (Å²) in [5, 5.41) is 11.4. The minimum Gasteiger partial charge on any atom is -0.346 e. The Bertz CT molecular complexity index is 1180. The molecule has 0 fully saturated rings. The Morgan fingerprint density at radius 1 is 1.00 bits per heavy atom. The molecule has 31 heavy (non-hydrogen) atoms. The number of para-hydroxylation sites is 1. The average Bonchev–Trinajstić information content (AvgIpc) is 3.04. The maximum atomic E-state index is 12.4. The first-order valence-corrected chi connectivity index (χ1v) is 10.2. The summed E-state index contributed by atoms with van der Waals surface area (Å²) in [6.45, 7) is 8.07. The standard InChI is InChI=1S/C23H27N5O3/c1-5-28-19-9-7-6-8-17(19)18-13-16(10-11-20(18)28)25-21(29)12-15(4)26-27-23(31)22(30)24-14(2)3/h6-11,13-14H,5,12H2,1-4H3,(H,24,30)(H,25,29)(H,27,31). The topological polar surface area (TPSA) is 105 Å². The second-order valence-electron chi connectivity index (χ2n) is 7.63. The molecular weight excluding hydrogens is 394 g/mol. The number of aryl methyl sites for hydroxylation is 1. The Kier molecular flexibility index (Phi) is 6.69. The van der Waals surface area contributed by atoms with E-state index in [0.29, 0.717) is 11.4 Å². The number of rotatable bonds is 6. The van der Waals surface area contributed by atoms with Crippen molar-refractivity contribution in [2.45, 2.75) is 46.7 Å². The zero-order valence-corrected chi connectivity index (χ0v) is 18.2. The van der Waals surface area contributed by atoms with E-state index < -0.39 is 11.8 Å². The van der Waals surface area contributed by atoms with Gasteiger partial charge in [0.2, 0.25) is 5.91 Å². The number of hydrogen-bond donors (Lipinski definition) is 3. The SMILES string of the molecule is CCn1c2ccccc2c2cc(NC(=O)CC(C)=NNC(=O)C(=O)NC(C)C)ccc21. The Morgan fingerprint density at radius 2 is 1.71 bits per heavy atom. The van der Waals surface area contributed by atoms with Gasteiger partial charge < -0.3 is 15.2 Å². The molecule has 3 amide bonds. The van der Waals surface area contributed by atoms with E-state index in [1.165, 1.54) is 0 Å². The number of hydrogen-bond acceptors (Lipinski definition) is 4. The molecule has 0 aliphatic heterocycles. The van der Waals surface area contributed by atoms with E-state index in [4.69, 9.17) is 0 Å². The van der Waals surface area contributed by atoms with Crippen molar-refractivity contribution in [2.24, 2.45) is 5.10 Å². The number of carbonyl (C=O) groups excluding carboxylic acids is 3. The van der Waals surface area contributed by atoms with Crippen LogP contribution in [0.2, 0.25) is 0 Å². The highest BCUT2D eigenvalue weighted by Crippen LogP contribution is 2.30. The van der Waals surface area contributed by atoms with Crippen molar-refractivity contribution in [2.75, 3.05) is 5.32 Å². The highest BCUT2D eigenvalue weighted by molar-refractivity contribution is 6.35. The number of carbonyl (C=O) groups is 3. The van der Waals surface area contributed by atoms with Gasteiger partial charge in [0, 0.05) is 45.8 Å². The largest absolute Gasteiger partial charge is 0.346 e. The van der Waals surface area contributed by atoms with E-state index >= 15 is 0 Å². The van der Waals surface area contributed by atoms with Gasteiger partial charge in [0.1, 0.15) is 0 Å². The van der Waals surface area contributed by atoms with Crippen molar-refractivity contribution >= 4 is 50.9 Å². The third-order valence-corrected chi connectivity index (χ3v) is 4.76. The first kappa shape index (κ1) is 22.0. The fourth-order valence-electron chi connectivity index (χ4n) is 3.47. The third kappa shape index (κ3) is 5.09. The quantitative estimate of drug-likeness (QED) is 0.323. The van der Waals surface area contributed by atoms with Crippen LogP contribution in [-0.4, -0.2) is 34.0 Å². The van der Waals surface area contributed by atoms with Crippen LogP contribution >= 0.6 is 0 Å². The molecular formula is C23H27N5O3. The van der Waals surface area contributed by atoms with Crippen LogP contribution in [0.25, 0.3) is 21.8 Å². The molecule has 0 atom stereocenters. The number of benzene rings is 2. The molecule has 0 radical (unpaired) electrons. The fourth-order valence-corrected chi connectivity index (χ4v) is 3.47. The van der Waals surface area contributed by atoms with Crippen molar-refractivity contribution in [3.8, 4) is 0 Å². The van der Waals surface area contributed by atoms with Crippen LogP contribution in [0.5, 0.6) is 0 Å². The molecule has 1 heterocycles. The van der Waals surface area contributed by atoms with Crippen LogP contribution in [-0.2, 0) is 20.9 Å². The summed E-state index contributed by atoms with van der Waals surface area (Å²) in [6.07, 6.45) is -0.0131. The van der Waals surface area contributed by atoms with Crippen LogP contribution in [0.3, 0.4) is 0 Å². The minimum absolute atomic E-state index is 0.0131. The molecule has 8 nitrogen and oxygen atoms in total. The highest BCUT2D eigenvalue weighted by Gasteiger charge is 2.14. The smallest absolute Gasteiger partial charge is 0.329 e. The van der Waals surface area contributed by atoms with Crippen molar-refractivity contribution < 1.29 is 14.4 Å². The molecule has 0 spiro atoms. The molecule has 3 N–H and O–H groups in total. The van der Waals surface area contributed by atoms with E-state index in [1.807, 2.05) is 30.3 Å². The third-order valence-electron chi connectivity index (χ3n) is 4.76. The van der Waals surface area contributed by atoms with Gasteiger partial charge in [0.05, 0.1) is 6.42 Å². The molecule has 0 aliphatic rings. The summed E-state index contributed by atoms with van der Waals surface area (Å²) in [4.78, 5) is 35.7. The summed E-state index contributed by atoms with van der Waals surface area (Å²) in [7, 11) is 0. The maximum absolute atomic E-state index is 12.4. The number of hydrazone groups is 1. The molecule has 2 aromatic carbocycles. The summed E-state index contributed by atoms with van der Waals surface area (Å²) in [6, 6.07) is 13.9. The van der Waals surface area contributed by atoms with Gasteiger partial charge >= 0.3 is 11.8 Å². The molecule has 8 heteroatoms. The lowest BCUT2D eigenvalue weighted by Crippen LogP contribution is -2.41. The number of aromatic nitrogens is 1. The Hall–Kier alpha value is -3.68. The molecule has 3 aromatic rings. The van der Waals surface area contributed by atoms with Gasteiger partial charge in [-0.25, -0.2) is 5.43 Å². The van der Waals surface area contributed by atoms with Crippen molar-refractivity contribution in [3.63, 3.8) is 0 Å². The predicted octanol–water partition coefficient (Wildman–Crippen LogP) is 3.16. The molecule has 162 valence electrons. The van der Waals surface area contributed by atoms with Gasteiger partial charge in [-0.05, 0) is 52.0 Å². The molecule has 0 saturated carbocycles. The van der Waals surface area contributed by atoms with E-state index in [0.717, 1.165) is 28.4 Å². The van der Waals surface area contributed by atoms with E-state index in [-0.39, 0.29) is 18.4 Å². The molecule has 0 bridgehead atoms. The van der Waals surface area contributed by atoms with E-state index in [2.05, 4.69) is 44.8 Å². The summed E-state index contributed by atoms with van der Waals surface area (Å²) in [5.74, 6) is -1.90. The van der Waals surface area contributed by atoms with Crippen LogP contribution in [0.1, 0.15) is 34.1 Å². The molecule has 1 aromatic heterocycles. The molecule has 0 saturated heterocycles. The van der Waals surface area contributed by atoms with Crippen molar-refractivity contribution in [1.29, 1.82) is 0 Å². The van der Waals surface area contributed by atoms with Crippen LogP contribution < -0.4 is 16.1 Å². The number of nitrogens with zero attached hydrogens (tertiary/aromatic N) is 2. The first-order chi connectivity index (χ1) is 14.8. The lowest BCUT2D eigenvalue weighted by molar-refractivity contribution is -0.139. The monoisotopic (exact) mass is 421 g/mol. The molecule has 3 rings (SSSR count). The van der Waals surface area contributed by atoms with Gasteiger partial charge in [-0.2, -0.15) is 5.10 Å². The molecule has 0 unspecified atom stereocenters. The van der Waals surface area contributed by atoms with Crippen LogP contribution in [0.4, 0.5) is 5.69 Å². The molecule has 0 aliphatic carbocycles. The van der Waals surface area contributed by atoms with Gasteiger partial charge in [0.25, 0.3) is 0 Å². The summed E-state index contributed by atoms with van der Waals surface area (Å²) < 4.78 is 2.24. The Labute approximate surface area is 180 Å². The van der Waals surface area contributed by atoms with Gasteiger partial charge in [-0.3, -0.25) is 14.4 Å². The van der Waals surface area contributed by atoms with Crippen molar-refractivity contribution in [3.05, 3.63) is 42.5 Å². The second-order valence-corrected chi connectivity index (χ2v) is 7.63. The van der Waals surface area contributed by atoms with Crippen molar-refractivity contribution in [1.82, 2.24) is 15.3 Å². The lowest BCUT2D eigenvalue weighted by atomic mass is 10.1. The number of amides is 3. The zero-order valence-electron chi connectivity index (χ0n) is 18.2. The van der Waals surface area contributed by atoms with E-state index in [9.17, 15) is 14.4 Å². The normalized spacial score (nSPS) is 11.7. The Morgan fingerprint density at radius 3 is 2.42 bits per heavy atom. The number of nitrogens with one attached hydrogen (secondary N) is 3. The first-order valence-electron chi connectivity index (χ1n) is 10.2. The van der Waals surface area contributed by atoms with Crippen LogP contribution in [0, 0.1) is 0 Å². The second kappa shape index (κ2) is 9.42. The fraction of sp³-hybridized carbons (Fsp3) is 0.304. The summed E-state index contributed by atoms with van der Waals surface area (Å²) >= 11 is 0. The van der Waals surface area contributed by atoms with Gasteiger partial charge in [-0.1, -0.05) is 18.2 Å². The van der Waals surface area contributed by atoms with Gasteiger partial charge in [0.15, 0.2) is 0 Å². The lowest BCUT2D eigenvalue weighted by Gasteiger charge is -2.08. The average molecular weight is 422 g/mol. The van der Waals surface area contributed by atoms with Gasteiger partial charge in [-0.15, -0.1) is 0 Å². The number of anilines is 1. The van der Waals surface area contributed by atoms with E-state index in [1.54, 1.807) is 20.8 Å². The Balaban J connectivity index is 1.68. The highest BCUT2D eigenvalue weighted by atomic mass is 16.2. The summed E-state index contributed by atoms with van der Waals surface area (Å²) in [5.41, 5.74) is 5.50. The van der Waals surface area contributed by atoms with Crippen LogP contribution in [0.15, 0.2) is 47.6 Å². The minimum atomic E-state index is -0.869. The predicted molar refractivity (Wildman–Crippen MR) is 123 cm³/mol. The number of fused-ring (bicyclic) bond motifs is 3.